The van der Waals surface area contributed by atoms with Crippen molar-refractivity contribution < 1.29 is 27.0 Å². The number of benzene rings is 1. The van der Waals surface area contributed by atoms with Gasteiger partial charge in [-0.25, -0.2) is 22.2 Å². The van der Waals surface area contributed by atoms with Crippen molar-refractivity contribution >= 4 is 16.6 Å². The molecular formula is C23H24F4N4O4. The van der Waals surface area contributed by atoms with Crippen LogP contribution in [0, 0.1) is 5.82 Å². The van der Waals surface area contributed by atoms with E-state index in [0.29, 0.717) is 0 Å². The maximum absolute atomic E-state index is 14.7. The predicted octanol–water partition coefficient (Wildman–Crippen LogP) is 3.65. The number of hydrogen-bond donors (Lipinski definition) is 1. The lowest BCUT2D eigenvalue weighted by atomic mass is 10.0. The summed E-state index contributed by atoms with van der Waals surface area (Å²) < 4.78 is 68.3. The van der Waals surface area contributed by atoms with E-state index in [4.69, 9.17) is 9.47 Å². The average Bonchev–Trinajstić information content (AvgIpc) is 2.82. The summed E-state index contributed by atoms with van der Waals surface area (Å²) >= 11 is 0. The van der Waals surface area contributed by atoms with Crippen LogP contribution in [0.15, 0.2) is 34.0 Å². The van der Waals surface area contributed by atoms with E-state index in [2.05, 4.69) is 10.4 Å². The molecule has 12 heteroatoms. The monoisotopic (exact) mass is 496 g/mol. The SMILES string of the molecule is COc1c(=O)n([C@@H]2CCOC[C@@H]2F)cc2c(N[C@H](C)c3cccc(C(F)F)c3F)nn(C)c(=O)c12. The molecular weight excluding hydrogens is 472 g/mol. The van der Waals surface area contributed by atoms with E-state index in [1.165, 1.54) is 39.4 Å². The summed E-state index contributed by atoms with van der Waals surface area (Å²) in [6.07, 6.45) is -2.92. The second kappa shape index (κ2) is 9.68. The first kappa shape index (κ1) is 24.7. The molecule has 8 nitrogen and oxygen atoms in total. The van der Waals surface area contributed by atoms with Crippen molar-refractivity contribution in [1.82, 2.24) is 14.3 Å². The lowest BCUT2D eigenvalue weighted by Crippen LogP contribution is -2.37. The van der Waals surface area contributed by atoms with Gasteiger partial charge in [-0.15, -0.1) is 0 Å². The standard InChI is InChI=1S/C23H24F4N4O4/c1-11(12-5-4-6-13(18(12)25)20(26)27)28-21-14-9-31(16-7-8-35-10-15(16)24)23(33)19(34-3)17(14)22(32)30(2)29-21/h4-6,9,11,15-16,20H,7-8,10H2,1-3H3,(H,28,29)/t11-,15+,16-/m1/s1. The van der Waals surface area contributed by atoms with Crippen molar-refractivity contribution in [1.29, 1.82) is 0 Å². The maximum Gasteiger partial charge on any atom is 0.294 e. The molecule has 1 aromatic carbocycles. The number of hydrogen-bond acceptors (Lipinski definition) is 6. The summed E-state index contributed by atoms with van der Waals surface area (Å²) in [6, 6.07) is 1.96. The lowest BCUT2D eigenvalue weighted by Gasteiger charge is -2.28. The molecule has 1 fully saturated rings. The van der Waals surface area contributed by atoms with Gasteiger partial charge in [-0.3, -0.25) is 9.59 Å². The van der Waals surface area contributed by atoms with E-state index >= 15 is 0 Å². The molecule has 0 aliphatic carbocycles. The molecule has 0 saturated carbocycles. The molecule has 0 unspecified atom stereocenters. The first-order chi connectivity index (χ1) is 16.6. The number of ether oxygens (including phenoxy) is 2. The molecule has 0 amide bonds. The Morgan fingerprint density at radius 3 is 2.60 bits per heavy atom. The Morgan fingerprint density at radius 1 is 1.23 bits per heavy atom. The highest BCUT2D eigenvalue weighted by molar-refractivity contribution is 5.94. The number of alkyl halides is 3. The summed E-state index contributed by atoms with van der Waals surface area (Å²) in [7, 11) is 2.58. The Labute approximate surface area is 197 Å². The molecule has 4 rings (SSSR count). The highest BCUT2D eigenvalue weighted by Crippen LogP contribution is 2.32. The van der Waals surface area contributed by atoms with Gasteiger partial charge in [0.2, 0.25) is 0 Å². The van der Waals surface area contributed by atoms with E-state index in [1.54, 1.807) is 0 Å². The van der Waals surface area contributed by atoms with Crippen molar-refractivity contribution in [2.75, 3.05) is 25.6 Å². The van der Waals surface area contributed by atoms with Gasteiger partial charge >= 0.3 is 0 Å². The highest BCUT2D eigenvalue weighted by Gasteiger charge is 2.30. The number of aromatic nitrogens is 3. The second-order valence-corrected chi connectivity index (χ2v) is 8.30. The number of aryl methyl sites for hydroxylation is 1. The first-order valence-corrected chi connectivity index (χ1v) is 10.9. The van der Waals surface area contributed by atoms with Crippen LogP contribution < -0.4 is 21.2 Å². The minimum Gasteiger partial charge on any atom is -0.490 e. The third-order valence-corrected chi connectivity index (χ3v) is 6.13. The molecule has 1 aliphatic heterocycles. The molecule has 1 N–H and O–H groups in total. The maximum atomic E-state index is 14.7. The Kier molecular flexibility index (Phi) is 6.84. The predicted molar refractivity (Wildman–Crippen MR) is 121 cm³/mol. The van der Waals surface area contributed by atoms with Gasteiger partial charge in [0.05, 0.1) is 36.8 Å². The minimum absolute atomic E-state index is 0.0415. The van der Waals surface area contributed by atoms with Gasteiger partial charge in [0.1, 0.15) is 17.4 Å². The van der Waals surface area contributed by atoms with Crippen LogP contribution in [-0.2, 0) is 11.8 Å². The fourth-order valence-corrected chi connectivity index (χ4v) is 4.31. The summed E-state index contributed by atoms with van der Waals surface area (Å²) in [5.74, 6) is -1.29. The topological polar surface area (TPSA) is 87.4 Å². The van der Waals surface area contributed by atoms with Gasteiger partial charge in [-0.05, 0) is 13.3 Å². The van der Waals surface area contributed by atoms with Gasteiger partial charge in [0.15, 0.2) is 11.6 Å². The normalized spacial score (nSPS) is 19.2. The smallest absolute Gasteiger partial charge is 0.294 e. The number of anilines is 1. The lowest BCUT2D eigenvalue weighted by molar-refractivity contribution is 0.00230. The molecule has 1 saturated heterocycles. The third kappa shape index (κ3) is 4.38. The van der Waals surface area contributed by atoms with Crippen molar-refractivity contribution in [2.45, 2.75) is 38.0 Å². The van der Waals surface area contributed by atoms with E-state index in [9.17, 15) is 27.2 Å². The number of pyridine rings is 1. The molecule has 0 bridgehead atoms. The summed E-state index contributed by atoms with van der Waals surface area (Å²) in [6.45, 7) is 1.60. The molecule has 3 heterocycles. The number of halogens is 4. The van der Waals surface area contributed by atoms with Crippen LogP contribution in [-0.4, -0.2) is 40.8 Å². The molecule has 3 aromatic rings. The van der Waals surface area contributed by atoms with Gasteiger partial charge in [0, 0.05) is 25.4 Å². The van der Waals surface area contributed by atoms with Crippen LogP contribution in [0.4, 0.5) is 23.4 Å². The largest absolute Gasteiger partial charge is 0.490 e. The molecule has 0 radical (unpaired) electrons. The van der Waals surface area contributed by atoms with Gasteiger partial charge in [0.25, 0.3) is 17.5 Å². The highest BCUT2D eigenvalue weighted by atomic mass is 19.3. The zero-order valence-corrected chi connectivity index (χ0v) is 19.2. The molecule has 35 heavy (non-hydrogen) atoms. The summed E-state index contributed by atoms with van der Waals surface area (Å²) in [5, 5.41) is 7.19. The number of rotatable bonds is 6. The Balaban J connectivity index is 1.89. The number of methoxy groups -OCH3 is 1. The summed E-state index contributed by atoms with van der Waals surface area (Å²) in [5.41, 5.74) is -2.10. The Hall–Kier alpha value is -3.41. The van der Waals surface area contributed by atoms with Crippen LogP contribution in [0.25, 0.3) is 10.8 Å². The van der Waals surface area contributed by atoms with E-state index in [-0.39, 0.29) is 47.5 Å². The molecule has 1 aliphatic rings. The van der Waals surface area contributed by atoms with Crippen molar-refractivity contribution in [3.63, 3.8) is 0 Å². The van der Waals surface area contributed by atoms with Crippen LogP contribution >= 0.6 is 0 Å². The van der Waals surface area contributed by atoms with E-state index < -0.39 is 47.2 Å². The van der Waals surface area contributed by atoms with E-state index in [0.717, 1.165) is 15.3 Å². The number of fused-ring (bicyclic) bond motifs is 1. The quantitative estimate of drug-likeness (QED) is 0.525. The number of nitrogens with zero attached hydrogens (tertiary/aromatic N) is 3. The van der Waals surface area contributed by atoms with Crippen molar-refractivity contribution in [3.05, 3.63) is 62.0 Å². The van der Waals surface area contributed by atoms with Gasteiger partial charge in [-0.2, -0.15) is 5.10 Å². The van der Waals surface area contributed by atoms with E-state index in [1.807, 2.05) is 0 Å². The summed E-state index contributed by atoms with van der Waals surface area (Å²) in [4.78, 5) is 26.0. The molecule has 0 spiro atoms. The molecule has 3 atom stereocenters. The van der Waals surface area contributed by atoms with Crippen molar-refractivity contribution in [3.8, 4) is 5.75 Å². The Morgan fingerprint density at radius 2 is 1.94 bits per heavy atom. The fourth-order valence-electron chi connectivity index (χ4n) is 4.31. The zero-order valence-electron chi connectivity index (χ0n) is 19.2. The Bertz CT molecular complexity index is 1370. The van der Waals surface area contributed by atoms with Gasteiger partial charge < -0.3 is 19.4 Å². The van der Waals surface area contributed by atoms with Crippen molar-refractivity contribution in [2.24, 2.45) is 7.05 Å². The fraction of sp³-hybridized carbons (Fsp3) is 0.435. The minimum atomic E-state index is -2.99. The zero-order chi connectivity index (χ0) is 25.4. The third-order valence-electron chi connectivity index (χ3n) is 6.13. The van der Waals surface area contributed by atoms with Crippen LogP contribution in [0.5, 0.6) is 5.75 Å². The molecule has 188 valence electrons. The average molecular weight is 496 g/mol. The van der Waals surface area contributed by atoms with Gasteiger partial charge in [-0.1, -0.05) is 18.2 Å². The second-order valence-electron chi connectivity index (χ2n) is 8.30. The molecule has 2 aromatic heterocycles. The first-order valence-electron chi connectivity index (χ1n) is 10.9. The van der Waals surface area contributed by atoms with Crippen LogP contribution in [0.2, 0.25) is 0 Å². The number of nitrogens with one attached hydrogen (secondary N) is 1. The van der Waals surface area contributed by atoms with Crippen LogP contribution in [0.3, 0.4) is 0 Å². The van der Waals surface area contributed by atoms with Crippen LogP contribution in [0.1, 0.15) is 43.0 Å².